The number of nitrogens with zero attached hydrogens (tertiary/aromatic N) is 3. The highest BCUT2D eigenvalue weighted by molar-refractivity contribution is 5.99. The van der Waals surface area contributed by atoms with Crippen LogP contribution in [0.4, 0.5) is 8.78 Å². The van der Waals surface area contributed by atoms with E-state index in [0.717, 1.165) is 31.6 Å². The summed E-state index contributed by atoms with van der Waals surface area (Å²) >= 11 is 0. The van der Waals surface area contributed by atoms with Crippen molar-refractivity contribution >= 4 is 5.91 Å². The van der Waals surface area contributed by atoms with E-state index in [1.807, 2.05) is 0 Å². The molecule has 1 N–H and O–H groups in total. The first-order valence-corrected chi connectivity index (χ1v) is 7.44. The largest absolute Gasteiger partial charge is 0.337 e. The highest BCUT2D eigenvalue weighted by Gasteiger charge is 2.28. The fourth-order valence-corrected chi connectivity index (χ4v) is 2.85. The Bertz CT molecular complexity index is 738. The molecule has 122 valence electrons. The van der Waals surface area contributed by atoms with E-state index in [0.29, 0.717) is 5.56 Å². The number of halogens is 2. The molecule has 0 saturated carbocycles. The molecule has 1 saturated heterocycles. The number of carbonyl (C=O) groups is 1. The molecule has 3 rings (SSSR count). The minimum Gasteiger partial charge on any atom is -0.337 e. The molecule has 1 aromatic carbocycles. The second-order valence-electron chi connectivity index (χ2n) is 5.75. The van der Waals surface area contributed by atoms with Crippen LogP contribution in [0.3, 0.4) is 0 Å². The zero-order chi connectivity index (χ0) is 16.6. The van der Waals surface area contributed by atoms with Gasteiger partial charge in [-0.1, -0.05) is 0 Å². The minimum atomic E-state index is -0.733. The molecule has 1 aliphatic heterocycles. The molecule has 1 amide bonds. The monoisotopic (exact) mass is 320 g/mol. The Balaban J connectivity index is 1.98. The predicted octanol–water partition coefficient (Wildman–Crippen LogP) is 1.80. The maximum Gasteiger partial charge on any atom is 0.257 e. The van der Waals surface area contributed by atoms with Gasteiger partial charge in [-0.05, 0) is 25.1 Å². The van der Waals surface area contributed by atoms with Crippen LogP contribution < -0.4 is 5.32 Å². The average Bonchev–Trinajstić information content (AvgIpc) is 3.15. The lowest BCUT2D eigenvalue weighted by molar-refractivity contribution is 0.0744. The number of carbonyl (C=O) groups excluding carboxylic acids is 1. The van der Waals surface area contributed by atoms with Crippen molar-refractivity contribution in [1.82, 2.24) is 20.0 Å². The van der Waals surface area contributed by atoms with E-state index < -0.39 is 11.6 Å². The third-order valence-electron chi connectivity index (χ3n) is 4.15. The summed E-state index contributed by atoms with van der Waals surface area (Å²) < 4.78 is 28.6. The van der Waals surface area contributed by atoms with Gasteiger partial charge in [0.25, 0.3) is 5.91 Å². The molecule has 1 fully saturated rings. The first-order valence-electron chi connectivity index (χ1n) is 7.44. The highest BCUT2D eigenvalue weighted by atomic mass is 19.1. The van der Waals surface area contributed by atoms with E-state index >= 15 is 0 Å². The Morgan fingerprint density at radius 3 is 2.87 bits per heavy atom. The SMILES string of the molecule is CN(C(=O)c1cn(C)nc1-c1ccc(F)cc1F)[C@@H]1CCNC1. The number of hydrogen-bond donors (Lipinski definition) is 1. The summed E-state index contributed by atoms with van der Waals surface area (Å²) in [6.45, 7) is 1.61. The van der Waals surface area contributed by atoms with Crippen molar-refractivity contribution in [3.8, 4) is 11.3 Å². The van der Waals surface area contributed by atoms with Crippen LogP contribution in [0.15, 0.2) is 24.4 Å². The maximum absolute atomic E-state index is 14.1. The van der Waals surface area contributed by atoms with Crippen LogP contribution in [0.2, 0.25) is 0 Å². The topological polar surface area (TPSA) is 50.2 Å². The van der Waals surface area contributed by atoms with Gasteiger partial charge in [0.1, 0.15) is 17.3 Å². The maximum atomic E-state index is 14.1. The van der Waals surface area contributed by atoms with Gasteiger partial charge in [0.2, 0.25) is 0 Å². The Kier molecular flexibility index (Phi) is 4.12. The smallest absolute Gasteiger partial charge is 0.257 e. The first kappa shape index (κ1) is 15.6. The van der Waals surface area contributed by atoms with Crippen LogP contribution in [0.1, 0.15) is 16.8 Å². The highest BCUT2D eigenvalue weighted by Crippen LogP contribution is 2.27. The van der Waals surface area contributed by atoms with Gasteiger partial charge in [0.05, 0.1) is 5.56 Å². The standard InChI is InChI=1S/C16H18F2N4O/c1-21-9-13(16(23)22(2)11-5-6-19-8-11)15(20-21)12-4-3-10(17)7-14(12)18/h3-4,7,9,11,19H,5-6,8H2,1-2H3/t11-/m1/s1. The van der Waals surface area contributed by atoms with Crippen LogP contribution in [0.25, 0.3) is 11.3 Å². The Morgan fingerprint density at radius 1 is 1.43 bits per heavy atom. The minimum absolute atomic E-state index is 0.105. The van der Waals surface area contributed by atoms with Crippen LogP contribution in [0, 0.1) is 11.6 Å². The van der Waals surface area contributed by atoms with Gasteiger partial charge in [-0.2, -0.15) is 5.10 Å². The van der Waals surface area contributed by atoms with E-state index in [9.17, 15) is 13.6 Å². The molecule has 0 bridgehead atoms. The number of hydrogen-bond acceptors (Lipinski definition) is 3. The average molecular weight is 320 g/mol. The summed E-state index contributed by atoms with van der Waals surface area (Å²) in [5, 5.41) is 7.40. The zero-order valence-electron chi connectivity index (χ0n) is 13.0. The van der Waals surface area contributed by atoms with E-state index in [1.165, 1.54) is 10.7 Å². The summed E-state index contributed by atoms with van der Waals surface area (Å²) in [6, 6.07) is 3.36. The van der Waals surface area contributed by atoms with E-state index in [-0.39, 0.29) is 23.2 Å². The van der Waals surface area contributed by atoms with Crippen LogP contribution in [0.5, 0.6) is 0 Å². The van der Waals surface area contributed by atoms with Crippen molar-refractivity contribution in [3.63, 3.8) is 0 Å². The van der Waals surface area contributed by atoms with Crippen molar-refractivity contribution in [2.45, 2.75) is 12.5 Å². The summed E-state index contributed by atoms with van der Waals surface area (Å²) in [4.78, 5) is 14.4. The molecule has 0 unspecified atom stereocenters. The third kappa shape index (κ3) is 2.96. The fourth-order valence-electron chi connectivity index (χ4n) is 2.85. The first-order chi connectivity index (χ1) is 11.0. The summed E-state index contributed by atoms with van der Waals surface area (Å²) in [5.41, 5.74) is 0.661. The molecule has 2 heterocycles. The Labute approximate surface area is 132 Å². The molecule has 1 atom stereocenters. The van der Waals surface area contributed by atoms with Crippen LogP contribution >= 0.6 is 0 Å². The number of aryl methyl sites for hydroxylation is 1. The molecule has 0 radical (unpaired) electrons. The van der Waals surface area contributed by atoms with E-state index in [2.05, 4.69) is 10.4 Å². The zero-order valence-corrected chi connectivity index (χ0v) is 13.0. The van der Waals surface area contributed by atoms with Gasteiger partial charge >= 0.3 is 0 Å². The second kappa shape index (κ2) is 6.08. The van der Waals surface area contributed by atoms with Gasteiger partial charge in [-0.3, -0.25) is 9.48 Å². The van der Waals surface area contributed by atoms with Gasteiger partial charge in [-0.25, -0.2) is 8.78 Å². The lowest BCUT2D eigenvalue weighted by Crippen LogP contribution is -2.38. The number of amides is 1. The Hall–Kier alpha value is -2.28. The number of aromatic nitrogens is 2. The third-order valence-corrected chi connectivity index (χ3v) is 4.15. The Morgan fingerprint density at radius 2 is 2.22 bits per heavy atom. The lowest BCUT2D eigenvalue weighted by Gasteiger charge is -2.23. The summed E-state index contributed by atoms with van der Waals surface area (Å²) in [7, 11) is 3.40. The summed E-state index contributed by atoms with van der Waals surface area (Å²) in [5.74, 6) is -1.61. The molecule has 0 aliphatic carbocycles. The second-order valence-corrected chi connectivity index (χ2v) is 5.75. The van der Waals surface area contributed by atoms with Gasteiger partial charge in [0, 0.05) is 44.5 Å². The van der Waals surface area contributed by atoms with Gasteiger partial charge in [0.15, 0.2) is 0 Å². The van der Waals surface area contributed by atoms with E-state index in [1.54, 1.807) is 25.2 Å². The van der Waals surface area contributed by atoms with Crippen molar-refractivity contribution in [2.75, 3.05) is 20.1 Å². The van der Waals surface area contributed by atoms with Crippen LogP contribution in [-0.4, -0.2) is 46.8 Å². The molecule has 7 heteroatoms. The number of likely N-dealkylation sites (N-methyl/N-ethyl adjacent to an activating group) is 1. The van der Waals surface area contributed by atoms with Crippen molar-refractivity contribution < 1.29 is 13.6 Å². The van der Waals surface area contributed by atoms with E-state index in [4.69, 9.17) is 0 Å². The number of nitrogens with one attached hydrogen (secondary N) is 1. The summed E-state index contributed by atoms with van der Waals surface area (Å²) in [6.07, 6.45) is 2.45. The van der Waals surface area contributed by atoms with Crippen LogP contribution in [-0.2, 0) is 7.05 Å². The van der Waals surface area contributed by atoms with Gasteiger partial charge in [-0.15, -0.1) is 0 Å². The fraction of sp³-hybridized carbons (Fsp3) is 0.375. The van der Waals surface area contributed by atoms with Gasteiger partial charge < -0.3 is 10.2 Å². The van der Waals surface area contributed by atoms with Crippen molar-refractivity contribution in [2.24, 2.45) is 7.05 Å². The molecule has 0 spiro atoms. The van der Waals surface area contributed by atoms with Crippen molar-refractivity contribution in [1.29, 1.82) is 0 Å². The quantitative estimate of drug-likeness (QED) is 0.938. The molecular formula is C16H18F2N4O. The molecular weight excluding hydrogens is 302 g/mol. The number of benzene rings is 1. The molecule has 23 heavy (non-hydrogen) atoms. The normalized spacial score (nSPS) is 17.5. The van der Waals surface area contributed by atoms with Crippen molar-refractivity contribution in [3.05, 3.63) is 41.6 Å². The predicted molar refractivity (Wildman–Crippen MR) is 81.9 cm³/mol. The number of rotatable bonds is 3. The lowest BCUT2D eigenvalue weighted by atomic mass is 10.1. The molecule has 1 aliphatic rings. The molecule has 2 aromatic rings. The molecule has 5 nitrogen and oxygen atoms in total. The molecule has 1 aromatic heterocycles.